The molecule has 2 amide bonds. The SMILES string of the molecule is O=C(O)CN1CCN(CC(=O)O)CCN(C(CCC(=O)NCCNC(=O)OCC2[C@H]3CCC#CCC[C@@H]23)C(=O)O)CC1. The highest BCUT2D eigenvalue weighted by Crippen LogP contribution is 2.52. The van der Waals surface area contributed by atoms with Crippen molar-refractivity contribution in [2.75, 3.05) is 72.1 Å². The number of carboxylic acid groups (broad SMARTS) is 3. The molecule has 42 heavy (non-hydrogen) atoms. The summed E-state index contributed by atoms with van der Waals surface area (Å²) in [6, 6.07) is -1.01. The third-order valence-corrected chi connectivity index (χ3v) is 8.19. The van der Waals surface area contributed by atoms with Crippen LogP contribution in [0.4, 0.5) is 4.79 Å². The zero-order valence-corrected chi connectivity index (χ0v) is 24.0. The van der Waals surface area contributed by atoms with Crippen LogP contribution >= 0.6 is 0 Å². The van der Waals surface area contributed by atoms with Gasteiger partial charge in [-0.1, -0.05) is 0 Å². The standard InChI is InChI=1S/C28H43N5O9/c34-24(29-9-10-30-28(41)42-19-22-20-5-3-1-2-4-6-21(20)22)8-7-23(27(39)40)33-15-13-31(17-25(35)36)11-12-32(14-16-33)18-26(37)38/h20-23H,3-19H2,(H,29,34)(H,30,41)(H,35,36)(H,37,38)(H,39,40)/t20-,21+,22?,23?. The summed E-state index contributed by atoms with van der Waals surface area (Å²) in [5.74, 6) is 4.33. The van der Waals surface area contributed by atoms with Crippen molar-refractivity contribution in [2.24, 2.45) is 17.8 Å². The molecular weight excluding hydrogens is 550 g/mol. The number of carboxylic acids is 3. The molecule has 1 heterocycles. The number of ether oxygens (including phenoxy) is 1. The number of fused-ring (bicyclic) bond motifs is 1. The monoisotopic (exact) mass is 593 g/mol. The van der Waals surface area contributed by atoms with Gasteiger partial charge in [0, 0.05) is 71.6 Å². The van der Waals surface area contributed by atoms with Crippen LogP contribution in [0.2, 0.25) is 0 Å². The normalized spacial score (nSPS) is 24.0. The van der Waals surface area contributed by atoms with E-state index in [-0.39, 0.29) is 58.0 Å². The quantitative estimate of drug-likeness (QED) is 0.130. The van der Waals surface area contributed by atoms with Crippen LogP contribution in [0.5, 0.6) is 0 Å². The molecule has 0 aromatic heterocycles. The third kappa shape index (κ3) is 11.5. The number of aliphatic carboxylic acids is 3. The van der Waals surface area contributed by atoms with E-state index in [1.807, 2.05) is 0 Å². The zero-order chi connectivity index (χ0) is 30.5. The molecule has 14 heteroatoms. The first-order valence-electron chi connectivity index (χ1n) is 14.6. The van der Waals surface area contributed by atoms with E-state index < -0.39 is 30.0 Å². The number of hydrogen-bond acceptors (Lipinski definition) is 9. The van der Waals surface area contributed by atoms with Crippen molar-refractivity contribution in [3.63, 3.8) is 0 Å². The lowest BCUT2D eigenvalue weighted by molar-refractivity contribution is -0.144. The third-order valence-electron chi connectivity index (χ3n) is 8.19. The number of nitrogens with one attached hydrogen (secondary N) is 2. The molecular formula is C28H43N5O9. The summed E-state index contributed by atoms with van der Waals surface area (Å²) in [5, 5.41) is 33.6. The fourth-order valence-electron chi connectivity index (χ4n) is 5.86. The summed E-state index contributed by atoms with van der Waals surface area (Å²) < 4.78 is 5.36. The minimum atomic E-state index is -1.12. The van der Waals surface area contributed by atoms with Crippen LogP contribution in [0, 0.1) is 29.6 Å². The first-order valence-corrected chi connectivity index (χ1v) is 14.6. The first-order chi connectivity index (χ1) is 20.1. The maximum absolute atomic E-state index is 12.4. The number of hydrogen-bond donors (Lipinski definition) is 5. The minimum Gasteiger partial charge on any atom is -0.480 e. The van der Waals surface area contributed by atoms with E-state index >= 15 is 0 Å². The summed E-state index contributed by atoms with van der Waals surface area (Å²) in [5.41, 5.74) is 0. The number of carbonyl (C=O) groups is 5. The highest BCUT2D eigenvalue weighted by Gasteiger charge is 2.49. The molecule has 0 spiro atoms. The summed E-state index contributed by atoms with van der Waals surface area (Å²) in [7, 11) is 0. The molecule has 0 aromatic carbocycles. The molecule has 0 bridgehead atoms. The van der Waals surface area contributed by atoms with Crippen molar-refractivity contribution < 1.29 is 44.0 Å². The molecule has 2 fully saturated rings. The summed E-state index contributed by atoms with van der Waals surface area (Å²) >= 11 is 0. The van der Waals surface area contributed by atoms with Crippen LogP contribution in [-0.4, -0.2) is 138 Å². The summed E-state index contributed by atoms with van der Waals surface area (Å²) in [6.45, 7) is 2.01. The Morgan fingerprint density at radius 2 is 1.31 bits per heavy atom. The van der Waals surface area contributed by atoms with Gasteiger partial charge in [0.15, 0.2) is 0 Å². The molecule has 1 saturated carbocycles. The van der Waals surface area contributed by atoms with Gasteiger partial charge in [-0.25, -0.2) is 4.79 Å². The van der Waals surface area contributed by atoms with Gasteiger partial charge in [-0.3, -0.25) is 33.9 Å². The average molecular weight is 594 g/mol. The second-order valence-corrected chi connectivity index (χ2v) is 11.1. The van der Waals surface area contributed by atoms with Crippen LogP contribution in [0.1, 0.15) is 38.5 Å². The van der Waals surface area contributed by atoms with Gasteiger partial charge in [-0.2, -0.15) is 0 Å². The fraction of sp³-hybridized carbons (Fsp3) is 0.750. The highest BCUT2D eigenvalue weighted by atomic mass is 16.5. The van der Waals surface area contributed by atoms with E-state index in [9.17, 15) is 39.3 Å². The van der Waals surface area contributed by atoms with Crippen LogP contribution in [-0.2, 0) is 23.9 Å². The molecule has 4 atom stereocenters. The van der Waals surface area contributed by atoms with E-state index in [0.717, 1.165) is 25.7 Å². The molecule has 2 aliphatic carbocycles. The van der Waals surface area contributed by atoms with Crippen molar-refractivity contribution in [3.8, 4) is 11.8 Å². The number of amides is 2. The van der Waals surface area contributed by atoms with Gasteiger partial charge < -0.3 is 30.7 Å². The smallest absolute Gasteiger partial charge is 0.407 e. The fourth-order valence-corrected chi connectivity index (χ4v) is 5.86. The Kier molecular flexibility index (Phi) is 13.3. The molecule has 234 valence electrons. The molecule has 2 unspecified atom stereocenters. The molecule has 0 radical (unpaired) electrons. The van der Waals surface area contributed by atoms with Gasteiger partial charge in [-0.05, 0) is 37.0 Å². The van der Waals surface area contributed by atoms with Crippen molar-refractivity contribution in [1.82, 2.24) is 25.3 Å². The molecule has 3 rings (SSSR count). The van der Waals surface area contributed by atoms with Gasteiger partial charge in [0.1, 0.15) is 6.04 Å². The molecule has 14 nitrogen and oxygen atoms in total. The molecule has 5 N–H and O–H groups in total. The molecule has 3 aliphatic rings. The number of rotatable bonds is 14. The minimum absolute atomic E-state index is 0.0171. The average Bonchev–Trinajstić information content (AvgIpc) is 3.54. The van der Waals surface area contributed by atoms with Gasteiger partial charge in [0.05, 0.1) is 19.7 Å². The molecule has 0 aromatic rings. The summed E-state index contributed by atoms with van der Waals surface area (Å²) in [6.07, 6.45) is 3.30. The Hall–Kier alpha value is -3.41. The van der Waals surface area contributed by atoms with E-state index in [1.165, 1.54) is 0 Å². The van der Waals surface area contributed by atoms with Gasteiger partial charge in [0.2, 0.25) is 5.91 Å². The maximum atomic E-state index is 12.4. The Morgan fingerprint density at radius 1 is 0.786 bits per heavy atom. The zero-order valence-electron chi connectivity index (χ0n) is 24.0. The van der Waals surface area contributed by atoms with E-state index in [0.29, 0.717) is 50.5 Å². The lowest BCUT2D eigenvalue weighted by atomic mass is 10.1. The lowest BCUT2D eigenvalue weighted by Crippen LogP contribution is -2.47. The number of carbonyl (C=O) groups excluding carboxylic acids is 2. The van der Waals surface area contributed by atoms with Crippen molar-refractivity contribution in [1.29, 1.82) is 0 Å². The Morgan fingerprint density at radius 3 is 1.83 bits per heavy atom. The number of alkyl carbamates (subject to hydrolysis) is 1. The van der Waals surface area contributed by atoms with E-state index in [2.05, 4.69) is 22.5 Å². The largest absolute Gasteiger partial charge is 0.480 e. The summed E-state index contributed by atoms with van der Waals surface area (Å²) in [4.78, 5) is 64.1. The van der Waals surface area contributed by atoms with Crippen molar-refractivity contribution in [3.05, 3.63) is 0 Å². The van der Waals surface area contributed by atoms with Crippen LogP contribution in [0.25, 0.3) is 0 Å². The highest BCUT2D eigenvalue weighted by molar-refractivity contribution is 5.78. The van der Waals surface area contributed by atoms with Gasteiger partial charge in [0.25, 0.3) is 0 Å². The second-order valence-electron chi connectivity index (χ2n) is 11.1. The van der Waals surface area contributed by atoms with E-state index in [4.69, 9.17) is 4.74 Å². The maximum Gasteiger partial charge on any atom is 0.407 e. The van der Waals surface area contributed by atoms with Crippen LogP contribution < -0.4 is 10.6 Å². The second kappa shape index (κ2) is 16.9. The van der Waals surface area contributed by atoms with Gasteiger partial charge >= 0.3 is 24.0 Å². The van der Waals surface area contributed by atoms with Crippen molar-refractivity contribution >= 4 is 29.9 Å². The van der Waals surface area contributed by atoms with Crippen molar-refractivity contribution in [2.45, 2.75) is 44.6 Å². The predicted molar refractivity (Wildman–Crippen MR) is 149 cm³/mol. The van der Waals surface area contributed by atoms with Crippen LogP contribution in [0.3, 0.4) is 0 Å². The predicted octanol–water partition coefficient (Wildman–Crippen LogP) is -0.409. The van der Waals surface area contributed by atoms with E-state index in [1.54, 1.807) is 14.7 Å². The Bertz CT molecular complexity index is 983. The Labute approximate surface area is 245 Å². The first kappa shape index (κ1) is 33.1. The topological polar surface area (TPSA) is 189 Å². The molecule has 1 saturated heterocycles. The lowest BCUT2D eigenvalue weighted by Gasteiger charge is -2.30. The molecule has 1 aliphatic heterocycles. The number of nitrogens with zero attached hydrogens (tertiary/aromatic N) is 3. The van der Waals surface area contributed by atoms with Gasteiger partial charge in [-0.15, -0.1) is 11.8 Å². The van der Waals surface area contributed by atoms with Crippen LogP contribution in [0.15, 0.2) is 0 Å². The Balaban J connectivity index is 1.38.